The van der Waals surface area contributed by atoms with Crippen LogP contribution in [0.15, 0.2) is 22.7 Å². The molecule has 1 unspecified atom stereocenters. The monoisotopic (exact) mass is 268 g/mol. The van der Waals surface area contributed by atoms with Crippen molar-refractivity contribution in [3.8, 4) is 0 Å². The summed E-state index contributed by atoms with van der Waals surface area (Å²) in [6.07, 6.45) is 1.24. The van der Waals surface area contributed by atoms with E-state index < -0.39 is 0 Å². The van der Waals surface area contributed by atoms with Gasteiger partial charge in [0, 0.05) is 29.3 Å². The molecule has 0 aliphatic carbocycles. The summed E-state index contributed by atoms with van der Waals surface area (Å²) in [5, 5.41) is 3.34. The number of hydrogen-bond acceptors (Lipinski definition) is 2. The molecule has 1 fully saturated rings. The van der Waals surface area contributed by atoms with E-state index in [0.29, 0.717) is 6.04 Å². The van der Waals surface area contributed by atoms with Gasteiger partial charge in [-0.25, -0.2) is 0 Å². The molecule has 0 saturated carbocycles. The van der Waals surface area contributed by atoms with Crippen LogP contribution in [0.2, 0.25) is 0 Å². The Kier molecular flexibility index (Phi) is 3.32. The number of nitrogens with one attached hydrogen (secondary N) is 1. The highest BCUT2D eigenvalue weighted by Gasteiger charge is 2.22. The van der Waals surface area contributed by atoms with E-state index in [-0.39, 0.29) is 0 Å². The van der Waals surface area contributed by atoms with Crippen LogP contribution < -0.4 is 10.2 Å². The zero-order valence-electron chi connectivity index (χ0n) is 9.26. The topological polar surface area (TPSA) is 15.3 Å². The Morgan fingerprint density at radius 1 is 1.47 bits per heavy atom. The van der Waals surface area contributed by atoms with Gasteiger partial charge in [-0.05, 0) is 38.1 Å². The van der Waals surface area contributed by atoms with E-state index in [1.54, 1.807) is 0 Å². The molecule has 0 amide bonds. The zero-order valence-corrected chi connectivity index (χ0v) is 10.8. The third-order valence-electron chi connectivity index (χ3n) is 3.11. The highest BCUT2D eigenvalue weighted by atomic mass is 79.9. The molecule has 1 saturated heterocycles. The van der Waals surface area contributed by atoms with Crippen molar-refractivity contribution >= 4 is 21.6 Å². The molecule has 82 valence electrons. The lowest BCUT2D eigenvalue weighted by Crippen LogP contribution is -2.29. The van der Waals surface area contributed by atoms with Crippen molar-refractivity contribution in [1.29, 1.82) is 0 Å². The first-order chi connectivity index (χ1) is 7.20. The van der Waals surface area contributed by atoms with Crippen LogP contribution in [-0.4, -0.2) is 26.2 Å². The molecule has 1 aromatic rings. The molecule has 0 spiro atoms. The fourth-order valence-electron chi connectivity index (χ4n) is 2.14. The third kappa shape index (κ3) is 2.34. The molecule has 1 atom stereocenters. The Hall–Kier alpha value is -0.540. The van der Waals surface area contributed by atoms with Crippen LogP contribution in [0.4, 0.5) is 5.69 Å². The summed E-state index contributed by atoms with van der Waals surface area (Å²) in [6, 6.07) is 7.13. The van der Waals surface area contributed by atoms with Crippen LogP contribution in [0, 0.1) is 6.92 Å². The molecule has 15 heavy (non-hydrogen) atoms. The van der Waals surface area contributed by atoms with Gasteiger partial charge in [-0.3, -0.25) is 0 Å². The molecule has 0 bridgehead atoms. The minimum absolute atomic E-state index is 0.642. The van der Waals surface area contributed by atoms with E-state index in [9.17, 15) is 0 Å². The molecule has 0 radical (unpaired) electrons. The van der Waals surface area contributed by atoms with Gasteiger partial charge < -0.3 is 10.2 Å². The first-order valence-electron chi connectivity index (χ1n) is 5.39. The number of anilines is 1. The van der Waals surface area contributed by atoms with E-state index in [0.717, 1.165) is 17.6 Å². The molecule has 1 aromatic carbocycles. The molecule has 2 nitrogen and oxygen atoms in total. The highest BCUT2D eigenvalue weighted by molar-refractivity contribution is 9.10. The number of hydrogen-bond donors (Lipinski definition) is 1. The highest BCUT2D eigenvalue weighted by Crippen LogP contribution is 2.27. The van der Waals surface area contributed by atoms with Crippen LogP contribution in [-0.2, 0) is 0 Å². The fourth-order valence-corrected chi connectivity index (χ4v) is 2.49. The van der Waals surface area contributed by atoms with Gasteiger partial charge >= 0.3 is 0 Å². The summed E-state index contributed by atoms with van der Waals surface area (Å²) in [6.45, 7) is 4.45. The van der Waals surface area contributed by atoms with Gasteiger partial charge in [-0.1, -0.05) is 22.0 Å². The fraction of sp³-hybridized carbons (Fsp3) is 0.500. The van der Waals surface area contributed by atoms with E-state index in [2.05, 4.69) is 51.3 Å². The molecular weight excluding hydrogens is 252 g/mol. The molecule has 1 aliphatic rings. The van der Waals surface area contributed by atoms with Gasteiger partial charge in [0.2, 0.25) is 0 Å². The van der Waals surface area contributed by atoms with Crippen molar-refractivity contribution in [3.63, 3.8) is 0 Å². The van der Waals surface area contributed by atoms with Crippen molar-refractivity contribution in [2.45, 2.75) is 19.4 Å². The van der Waals surface area contributed by atoms with E-state index >= 15 is 0 Å². The summed E-state index contributed by atoms with van der Waals surface area (Å²) in [7, 11) is 2.04. The number of rotatable bonds is 2. The van der Waals surface area contributed by atoms with Gasteiger partial charge in [-0.15, -0.1) is 0 Å². The minimum Gasteiger partial charge on any atom is -0.370 e. The largest absolute Gasteiger partial charge is 0.370 e. The molecule has 0 aromatic heterocycles. The maximum atomic E-state index is 3.53. The SMILES string of the molecule is CNC1CCN(c2cc(Br)ccc2C)C1. The molecule has 3 heteroatoms. The molecule has 1 aliphatic heterocycles. The second kappa shape index (κ2) is 4.54. The predicted molar refractivity (Wildman–Crippen MR) is 68.6 cm³/mol. The van der Waals surface area contributed by atoms with Gasteiger partial charge in [0.25, 0.3) is 0 Å². The standard InChI is InChI=1S/C12H17BrN2/c1-9-3-4-10(13)7-12(9)15-6-5-11(8-15)14-2/h3-4,7,11,14H,5-6,8H2,1-2H3. The molecule has 2 rings (SSSR count). The number of likely N-dealkylation sites (N-methyl/N-ethyl adjacent to an activating group) is 1. The first kappa shape index (κ1) is 11.0. The van der Waals surface area contributed by atoms with E-state index in [1.807, 2.05) is 7.05 Å². The van der Waals surface area contributed by atoms with E-state index in [1.165, 1.54) is 17.7 Å². The van der Waals surface area contributed by atoms with Crippen LogP contribution >= 0.6 is 15.9 Å². The smallest absolute Gasteiger partial charge is 0.0407 e. The lowest BCUT2D eigenvalue weighted by Gasteiger charge is -2.21. The lowest BCUT2D eigenvalue weighted by atomic mass is 10.2. The Morgan fingerprint density at radius 2 is 2.27 bits per heavy atom. The van der Waals surface area contributed by atoms with Crippen LogP contribution in [0.1, 0.15) is 12.0 Å². The number of nitrogens with zero attached hydrogens (tertiary/aromatic N) is 1. The second-order valence-electron chi connectivity index (χ2n) is 4.15. The normalized spacial score (nSPS) is 21.0. The quantitative estimate of drug-likeness (QED) is 0.887. The Morgan fingerprint density at radius 3 is 2.93 bits per heavy atom. The first-order valence-corrected chi connectivity index (χ1v) is 6.18. The van der Waals surface area contributed by atoms with Crippen molar-refractivity contribution in [1.82, 2.24) is 5.32 Å². The summed E-state index contributed by atoms with van der Waals surface area (Å²) in [5.41, 5.74) is 2.72. The van der Waals surface area contributed by atoms with Crippen molar-refractivity contribution in [2.24, 2.45) is 0 Å². The predicted octanol–water partition coefficient (Wildman–Crippen LogP) is 2.56. The maximum absolute atomic E-state index is 3.53. The summed E-state index contributed by atoms with van der Waals surface area (Å²) < 4.78 is 1.16. The summed E-state index contributed by atoms with van der Waals surface area (Å²) >= 11 is 3.53. The summed E-state index contributed by atoms with van der Waals surface area (Å²) in [5.74, 6) is 0. The van der Waals surface area contributed by atoms with Gasteiger partial charge in [0.1, 0.15) is 0 Å². The summed E-state index contributed by atoms with van der Waals surface area (Å²) in [4.78, 5) is 2.46. The van der Waals surface area contributed by atoms with Crippen molar-refractivity contribution < 1.29 is 0 Å². The third-order valence-corrected chi connectivity index (χ3v) is 3.60. The zero-order chi connectivity index (χ0) is 10.8. The van der Waals surface area contributed by atoms with Gasteiger partial charge in [0.15, 0.2) is 0 Å². The van der Waals surface area contributed by atoms with Crippen LogP contribution in [0.25, 0.3) is 0 Å². The molecular formula is C12H17BrN2. The van der Waals surface area contributed by atoms with Crippen molar-refractivity contribution in [3.05, 3.63) is 28.2 Å². The second-order valence-corrected chi connectivity index (χ2v) is 5.07. The van der Waals surface area contributed by atoms with Crippen molar-refractivity contribution in [2.75, 3.05) is 25.0 Å². The van der Waals surface area contributed by atoms with Crippen LogP contribution in [0.5, 0.6) is 0 Å². The number of benzene rings is 1. The average Bonchev–Trinajstić information content (AvgIpc) is 2.70. The minimum atomic E-state index is 0.642. The Balaban J connectivity index is 2.19. The Bertz CT molecular complexity index is 351. The van der Waals surface area contributed by atoms with E-state index in [4.69, 9.17) is 0 Å². The number of aryl methyl sites for hydroxylation is 1. The lowest BCUT2D eigenvalue weighted by molar-refractivity contribution is 0.617. The average molecular weight is 269 g/mol. The van der Waals surface area contributed by atoms with Gasteiger partial charge in [-0.2, -0.15) is 0 Å². The van der Waals surface area contributed by atoms with Crippen LogP contribution in [0.3, 0.4) is 0 Å². The molecule has 1 heterocycles. The number of halogens is 1. The maximum Gasteiger partial charge on any atom is 0.0407 e. The molecule has 1 N–H and O–H groups in total. The van der Waals surface area contributed by atoms with Gasteiger partial charge in [0.05, 0.1) is 0 Å². The Labute approximate surface area is 99.8 Å².